The van der Waals surface area contributed by atoms with E-state index >= 15 is 0 Å². The SMILES string of the molecule is CO[C@@]1(C)O[C@@](C=O)([C@H](O)[C@H]2CO[C@@](C)(OC)[C@](C)(OC)O2)CO[C@@]1(C)OC. The molecule has 2 saturated heterocycles. The van der Waals surface area contributed by atoms with Gasteiger partial charge in [-0.2, -0.15) is 0 Å². The van der Waals surface area contributed by atoms with Gasteiger partial charge in [-0.25, -0.2) is 0 Å². The van der Waals surface area contributed by atoms with Gasteiger partial charge in [0.2, 0.25) is 23.1 Å². The van der Waals surface area contributed by atoms with Crippen LogP contribution in [0.15, 0.2) is 0 Å². The van der Waals surface area contributed by atoms with Crippen molar-refractivity contribution in [3.63, 3.8) is 0 Å². The molecule has 0 unspecified atom stereocenters. The highest BCUT2D eigenvalue weighted by atomic mass is 16.8. The summed E-state index contributed by atoms with van der Waals surface area (Å²) in [5, 5.41) is 11.1. The molecule has 0 aromatic heterocycles. The van der Waals surface area contributed by atoms with E-state index in [2.05, 4.69) is 0 Å². The lowest BCUT2D eigenvalue weighted by molar-refractivity contribution is -0.466. The minimum Gasteiger partial charge on any atom is -0.387 e. The van der Waals surface area contributed by atoms with Crippen LogP contribution in [-0.2, 0) is 42.7 Å². The van der Waals surface area contributed by atoms with Gasteiger partial charge in [-0.3, -0.25) is 4.79 Å². The Hall–Kier alpha value is -0.690. The molecule has 0 radical (unpaired) electrons. The molecule has 2 aliphatic rings. The third-order valence-corrected chi connectivity index (χ3v) is 6.12. The number of aliphatic hydroxyl groups is 1. The molecule has 1 N–H and O–H groups in total. The first kappa shape index (κ1) is 23.6. The molecular weight excluding hydrogens is 376 g/mol. The summed E-state index contributed by atoms with van der Waals surface area (Å²) in [4.78, 5) is 12.1. The normalized spacial score (nSPS) is 48.2. The molecule has 0 aliphatic carbocycles. The fourth-order valence-electron chi connectivity index (χ4n) is 3.36. The van der Waals surface area contributed by atoms with Gasteiger partial charge in [0.1, 0.15) is 12.2 Å². The number of aliphatic hydroxyl groups excluding tert-OH is 1. The Balaban J connectivity index is 2.31. The zero-order chi connectivity index (χ0) is 21.4. The summed E-state index contributed by atoms with van der Waals surface area (Å²) in [6.45, 7) is 6.08. The van der Waals surface area contributed by atoms with Crippen LogP contribution in [0.25, 0.3) is 0 Å². The Bertz CT molecular complexity index is 575. The molecule has 2 rings (SSSR count). The van der Waals surface area contributed by atoms with E-state index in [1.165, 1.54) is 28.4 Å². The van der Waals surface area contributed by atoms with Crippen molar-refractivity contribution in [2.45, 2.75) is 68.7 Å². The van der Waals surface area contributed by atoms with Crippen molar-refractivity contribution in [2.75, 3.05) is 41.7 Å². The minimum absolute atomic E-state index is 0.0748. The van der Waals surface area contributed by atoms with Gasteiger partial charge in [-0.05, 0) is 27.7 Å². The van der Waals surface area contributed by atoms with Crippen LogP contribution in [0.1, 0.15) is 27.7 Å². The number of hydrogen-bond acceptors (Lipinski definition) is 10. The molecular formula is C18H32O10. The highest BCUT2D eigenvalue weighted by molar-refractivity contribution is 5.64. The van der Waals surface area contributed by atoms with Crippen molar-refractivity contribution in [1.82, 2.24) is 0 Å². The molecule has 28 heavy (non-hydrogen) atoms. The fraction of sp³-hybridized carbons (Fsp3) is 0.944. The highest BCUT2D eigenvalue weighted by Crippen LogP contribution is 2.44. The van der Waals surface area contributed by atoms with Crippen molar-refractivity contribution in [3.05, 3.63) is 0 Å². The second-order valence-electron chi connectivity index (χ2n) is 7.48. The first-order valence-corrected chi connectivity index (χ1v) is 8.95. The Morgan fingerprint density at radius 2 is 1.39 bits per heavy atom. The van der Waals surface area contributed by atoms with Gasteiger partial charge < -0.3 is 43.0 Å². The summed E-state index contributed by atoms with van der Waals surface area (Å²) in [6.07, 6.45) is -1.96. The lowest BCUT2D eigenvalue weighted by Gasteiger charge is -2.55. The van der Waals surface area contributed by atoms with Gasteiger partial charge in [0.25, 0.3) is 0 Å². The number of aldehydes is 1. The van der Waals surface area contributed by atoms with E-state index in [0.717, 1.165) is 0 Å². The van der Waals surface area contributed by atoms with Gasteiger partial charge in [-0.1, -0.05) is 0 Å². The van der Waals surface area contributed by atoms with Gasteiger partial charge in [0, 0.05) is 28.4 Å². The Morgan fingerprint density at radius 1 is 0.893 bits per heavy atom. The number of carbonyl (C=O) groups excluding carboxylic acids is 1. The van der Waals surface area contributed by atoms with Gasteiger partial charge in [-0.15, -0.1) is 0 Å². The average molecular weight is 408 g/mol. The zero-order valence-electron chi connectivity index (χ0n) is 17.8. The van der Waals surface area contributed by atoms with Crippen molar-refractivity contribution in [3.8, 4) is 0 Å². The molecule has 164 valence electrons. The fourth-order valence-corrected chi connectivity index (χ4v) is 3.36. The van der Waals surface area contributed by atoms with Crippen molar-refractivity contribution in [2.24, 2.45) is 0 Å². The Kier molecular flexibility index (Phi) is 6.62. The molecule has 2 fully saturated rings. The summed E-state index contributed by atoms with van der Waals surface area (Å²) in [6, 6.07) is 0. The number of hydrogen-bond donors (Lipinski definition) is 1. The molecule has 0 amide bonds. The summed E-state index contributed by atoms with van der Waals surface area (Å²) in [5.41, 5.74) is -1.79. The minimum atomic E-state index is -1.79. The van der Waals surface area contributed by atoms with E-state index in [4.69, 9.17) is 37.9 Å². The second-order valence-corrected chi connectivity index (χ2v) is 7.48. The first-order chi connectivity index (χ1) is 12.9. The molecule has 2 heterocycles. The Labute approximate surface area is 165 Å². The third-order valence-electron chi connectivity index (χ3n) is 6.12. The zero-order valence-corrected chi connectivity index (χ0v) is 17.8. The molecule has 0 spiro atoms. The van der Waals surface area contributed by atoms with Crippen LogP contribution >= 0.6 is 0 Å². The van der Waals surface area contributed by atoms with Crippen LogP contribution in [0.5, 0.6) is 0 Å². The van der Waals surface area contributed by atoms with Crippen LogP contribution in [0.4, 0.5) is 0 Å². The second kappa shape index (κ2) is 7.86. The standard InChI is InChI=1S/C18H32O10/c1-14(21-5)16(3,23-7)27-12(9-25-14)13(20)18(10-19)11-26-15(2,22-6)17(4,24-8)28-18/h10,12-13,20H,9,11H2,1-8H3/t12-,13-,14-,15-,16-,17+,18-/m1/s1. The van der Waals surface area contributed by atoms with E-state index in [1.807, 2.05) is 0 Å². The summed E-state index contributed by atoms with van der Waals surface area (Å²) < 4.78 is 45.1. The quantitative estimate of drug-likeness (QED) is 0.586. The maximum absolute atomic E-state index is 12.1. The topological polar surface area (TPSA) is 111 Å². The van der Waals surface area contributed by atoms with Crippen LogP contribution in [0, 0.1) is 0 Å². The molecule has 0 bridgehead atoms. The van der Waals surface area contributed by atoms with E-state index in [-0.39, 0.29) is 13.2 Å². The van der Waals surface area contributed by atoms with E-state index in [9.17, 15) is 9.90 Å². The lowest BCUT2D eigenvalue weighted by atomic mass is 9.90. The van der Waals surface area contributed by atoms with Crippen LogP contribution in [0.2, 0.25) is 0 Å². The number of rotatable bonds is 7. The molecule has 2 aliphatic heterocycles. The molecule has 0 saturated carbocycles. The summed E-state index contributed by atoms with van der Waals surface area (Å²) in [7, 11) is 5.70. The van der Waals surface area contributed by atoms with Crippen molar-refractivity contribution >= 4 is 6.29 Å². The van der Waals surface area contributed by atoms with E-state index < -0.39 is 41.0 Å². The summed E-state index contributed by atoms with van der Waals surface area (Å²) >= 11 is 0. The average Bonchev–Trinajstić information content (AvgIpc) is 2.71. The van der Waals surface area contributed by atoms with Gasteiger partial charge in [0.15, 0.2) is 11.9 Å². The maximum Gasteiger partial charge on any atom is 0.221 e. The highest BCUT2D eigenvalue weighted by Gasteiger charge is 2.63. The number of methoxy groups -OCH3 is 4. The van der Waals surface area contributed by atoms with Crippen LogP contribution in [-0.4, -0.2) is 94.0 Å². The molecule has 10 heteroatoms. The molecule has 7 atom stereocenters. The van der Waals surface area contributed by atoms with Crippen molar-refractivity contribution < 1.29 is 47.8 Å². The monoisotopic (exact) mass is 408 g/mol. The predicted octanol–water partition coefficient (Wildman–Crippen LogP) is 0.198. The number of ether oxygens (including phenoxy) is 8. The molecule has 0 aromatic rings. The van der Waals surface area contributed by atoms with E-state index in [1.54, 1.807) is 27.7 Å². The van der Waals surface area contributed by atoms with Crippen LogP contribution in [0.3, 0.4) is 0 Å². The largest absolute Gasteiger partial charge is 0.387 e. The van der Waals surface area contributed by atoms with E-state index in [0.29, 0.717) is 6.29 Å². The van der Waals surface area contributed by atoms with Crippen LogP contribution < -0.4 is 0 Å². The molecule has 0 aromatic carbocycles. The maximum atomic E-state index is 12.1. The number of carbonyl (C=O) groups is 1. The first-order valence-electron chi connectivity index (χ1n) is 8.95. The smallest absolute Gasteiger partial charge is 0.221 e. The van der Waals surface area contributed by atoms with Crippen molar-refractivity contribution in [1.29, 1.82) is 0 Å². The lowest BCUT2D eigenvalue weighted by Crippen LogP contribution is -2.73. The molecule has 10 nitrogen and oxygen atoms in total. The third kappa shape index (κ3) is 3.40. The van der Waals surface area contributed by atoms with Gasteiger partial charge in [0.05, 0.1) is 13.2 Å². The summed E-state index contributed by atoms with van der Waals surface area (Å²) in [5.74, 6) is -5.35. The Morgan fingerprint density at radius 3 is 1.86 bits per heavy atom. The van der Waals surface area contributed by atoms with Gasteiger partial charge >= 0.3 is 0 Å². The predicted molar refractivity (Wildman–Crippen MR) is 94.3 cm³/mol.